The Bertz CT molecular complexity index is 1300. The molecular weight excluding hydrogens is 639 g/mol. The van der Waals surface area contributed by atoms with Gasteiger partial charge in [-0.15, -0.1) is 0 Å². The predicted molar refractivity (Wildman–Crippen MR) is 159 cm³/mol. The number of hydrogen-bond acceptors (Lipinski definition) is 9. The molecule has 1 aromatic heterocycles. The molecule has 1 aliphatic carbocycles. The summed E-state index contributed by atoms with van der Waals surface area (Å²) >= 11 is 7.47. The van der Waals surface area contributed by atoms with Crippen LogP contribution in [0.1, 0.15) is 31.9 Å². The quantitative estimate of drug-likeness (QED) is 0.149. The van der Waals surface area contributed by atoms with E-state index in [-0.39, 0.29) is 28.7 Å². The molecule has 4 rings (SSSR count). The number of anilines is 2. The molecule has 1 aliphatic heterocycles. The first-order valence-electron chi connectivity index (χ1n) is 12.5. The lowest BCUT2D eigenvalue weighted by Gasteiger charge is -2.35. The van der Waals surface area contributed by atoms with Gasteiger partial charge in [-0.05, 0) is 56.2 Å². The molecule has 0 amide bonds. The molecule has 0 spiro atoms. The Labute approximate surface area is 242 Å². The number of aromatic nitrogens is 2. The predicted octanol–water partition coefficient (Wildman–Crippen LogP) is 2.77. The van der Waals surface area contributed by atoms with E-state index in [4.69, 9.17) is 32.2 Å². The van der Waals surface area contributed by atoms with Crippen molar-refractivity contribution in [1.29, 1.82) is 5.26 Å². The highest BCUT2D eigenvalue weighted by atomic mass is 127. The van der Waals surface area contributed by atoms with Crippen molar-refractivity contribution in [2.75, 3.05) is 48.9 Å². The number of nitrogens with zero attached hydrogens (tertiary/aromatic N) is 4. The number of nitriles is 1. The number of benzene rings is 1. The second kappa shape index (κ2) is 12.4. The topological polar surface area (TPSA) is 140 Å². The van der Waals surface area contributed by atoms with Gasteiger partial charge in [0.25, 0.3) is 0 Å². The molecule has 13 heteroatoms. The maximum atomic E-state index is 13.5. The number of halogens is 1. The molecule has 2 aliphatic rings. The number of thiocarbonyl (C=S) groups is 1. The van der Waals surface area contributed by atoms with Crippen LogP contribution in [0.3, 0.4) is 0 Å². The standard InChI is InChI=1S/C25H31IN6O4S2/c1-17-16-36-12-10-32(17)22-14-21(25(15-20(25)26)38(34,35)13-3-11-33)30-23(31-22)18-4-6-19(7-5-18)29-24(37)28-9-2-8-27/h4-7,14,17,20,33H,2-3,9-13,15-16H2,1H3,(H2,28,29,37)/t17-,20?,25?/m0/s1. The van der Waals surface area contributed by atoms with Crippen LogP contribution in [0.2, 0.25) is 0 Å². The number of aliphatic hydroxyl groups is 1. The van der Waals surface area contributed by atoms with E-state index in [0.717, 1.165) is 11.3 Å². The summed E-state index contributed by atoms with van der Waals surface area (Å²) in [5.41, 5.74) is 2.01. The van der Waals surface area contributed by atoms with Crippen LogP contribution in [0, 0.1) is 11.3 Å². The largest absolute Gasteiger partial charge is 0.396 e. The number of hydrogen-bond donors (Lipinski definition) is 3. The van der Waals surface area contributed by atoms with Crippen LogP contribution in [0.5, 0.6) is 0 Å². The Kier molecular flexibility index (Phi) is 9.40. The zero-order valence-corrected chi connectivity index (χ0v) is 24.9. The summed E-state index contributed by atoms with van der Waals surface area (Å²) < 4.78 is 31.4. The summed E-state index contributed by atoms with van der Waals surface area (Å²) in [7, 11) is -3.56. The average molecular weight is 671 g/mol. The highest BCUT2D eigenvalue weighted by molar-refractivity contribution is 14.1. The number of sulfone groups is 1. The minimum Gasteiger partial charge on any atom is -0.396 e. The minimum atomic E-state index is -3.56. The zero-order valence-electron chi connectivity index (χ0n) is 21.1. The van der Waals surface area contributed by atoms with E-state index in [2.05, 4.69) is 51.1 Å². The summed E-state index contributed by atoms with van der Waals surface area (Å²) in [5, 5.41) is 24.4. The number of nitrogens with one attached hydrogen (secondary N) is 2. The van der Waals surface area contributed by atoms with E-state index >= 15 is 0 Å². The number of alkyl halides is 1. The van der Waals surface area contributed by atoms with Crippen molar-refractivity contribution in [2.45, 2.75) is 40.9 Å². The van der Waals surface area contributed by atoms with Crippen LogP contribution >= 0.6 is 34.8 Å². The molecule has 2 fully saturated rings. The summed E-state index contributed by atoms with van der Waals surface area (Å²) in [6.07, 6.45) is 1.03. The van der Waals surface area contributed by atoms with Gasteiger partial charge in [0.2, 0.25) is 0 Å². The van der Waals surface area contributed by atoms with Crippen LogP contribution in [0.25, 0.3) is 11.4 Å². The molecule has 1 saturated carbocycles. The molecule has 2 unspecified atom stereocenters. The van der Waals surface area contributed by atoms with Crippen molar-refractivity contribution in [3.8, 4) is 17.5 Å². The van der Waals surface area contributed by atoms with Gasteiger partial charge in [-0.1, -0.05) is 22.6 Å². The van der Waals surface area contributed by atoms with Crippen LogP contribution < -0.4 is 15.5 Å². The first kappa shape index (κ1) is 28.9. The van der Waals surface area contributed by atoms with E-state index in [1.165, 1.54) is 0 Å². The second-order valence-corrected chi connectivity index (χ2v) is 13.7. The summed E-state index contributed by atoms with van der Waals surface area (Å²) in [4.78, 5) is 11.8. The fraction of sp³-hybridized carbons (Fsp3) is 0.520. The highest BCUT2D eigenvalue weighted by Crippen LogP contribution is 2.58. The van der Waals surface area contributed by atoms with Gasteiger partial charge in [0.05, 0.1) is 43.2 Å². The van der Waals surface area contributed by atoms with Gasteiger partial charge in [-0.25, -0.2) is 18.4 Å². The molecular formula is C25H31IN6O4S2. The normalized spacial score (nSPS) is 22.9. The Morgan fingerprint density at radius 2 is 2.11 bits per heavy atom. The zero-order chi connectivity index (χ0) is 27.3. The first-order chi connectivity index (χ1) is 18.2. The van der Waals surface area contributed by atoms with E-state index in [1.54, 1.807) is 0 Å². The van der Waals surface area contributed by atoms with Crippen molar-refractivity contribution in [3.63, 3.8) is 0 Å². The summed E-state index contributed by atoms with van der Waals surface area (Å²) in [6.45, 7) is 4.12. The molecule has 204 valence electrons. The van der Waals surface area contributed by atoms with Crippen molar-refractivity contribution < 1.29 is 18.3 Å². The number of morpholine rings is 1. The highest BCUT2D eigenvalue weighted by Gasteiger charge is 2.64. The summed E-state index contributed by atoms with van der Waals surface area (Å²) in [6, 6.07) is 11.4. The van der Waals surface area contributed by atoms with Crippen molar-refractivity contribution in [2.24, 2.45) is 0 Å². The van der Waals surface area contributed by atoms with Gasteiger partial charge in [-0.3, -0.25) is 0 Å². The van der Waals surface area contributed by atoms with Gasteiger partial charge in [0.1, 0.15) is 10.6 Å². The molecule has 38 heavy (non-hydrogen) atoms. The molecule has 3 N–H and O–H groups in total. The van der Waals surface area contributed by atoms with E-state index < -0.39 is 14.6 Å². The molecule has 0 radical (unpaired) electrons. The van der Waals surface area contributed by atoms with Gasteiger partial charge in [0.15, 0.2) is 20.8 Å². The van der Waals surface area contributed by atoms with Crippen molar-refractivity contribution in [1.82, 2.24) is 15.3 Å². The SMILES string of the molecule is C[C@H]1COCCN1c1cc(C2(S(=O)(=O)CCCO)CC2I)nc(-c2ccc(NC(=S)NCCC#N)cc2)n1. The fourth-order valence-electron chi connectivity index (χ4n) is 4.49. The lowest BCUT2D eigenvalue weighted by Crippen LogP contribution is -2.44. The first-order valence-corrected chi connectivity index (χ1v) is 15.8. The molecule has 3 atom stereocenters. The van der Waals surface area contributed by atoms with Gasteiger partial charge < -0.3 is 25.4 Å². The lowest BCUT2D eigenvalue weighted by atomic mass is 10.1. The van der Waals surface area contributed by atoms with E-state index in [1.807, 2.05) is 30.3 Å². The molecule has 10 nitrogen and oxygen atoms in total. The maximum Gasteiger partial charge on any atom is 0.170 e. The Morgan fingerprint density at radius 3 is 2.74 bits per heavy atom. The van der Waals surface area contributed by atoms with Crippen LogP contribution in [-0.4, -0.2) is 77.2 Å². The number of rotatable bonds is 10. The van der Waals surface area contributed by atoms with E-state index in [9.17, 15) is 13.5 Å². The second-order valence-electron chi connectivity index (χ2n) is 9.38. The Balaban J connectivity index is 1.69. The molecule has 0 bridgehead atoms. The maximum absolute atomic E-state index is 13.5. The summed E-state index contributed by atoms with van der Waals surface area (Å²) in [5.74, 6) is 1.04. The Hall–Kier alpha value is -2.12. The fourth-order valence-corrected chi connectivity index (χ4v) is 9.30. The van der Waals surface area contributed by atoms with Gasteiger partial charge in [-0.2, -0.15) is 5.26 Å². The monoisotopic (exact) mass is 670 g/mol. The van der Waals surface area contributed by atoms with Gasteiger partial charge >= 0.3 is 0 Å². The number of ether oxygens (including phenoxy) is 1. The molecule has 2 aromatic rings. The van der Waals surface area contributed by atoms with Gasteiger partial charge in [0, 0.05) is 40.9 Å². The smallest absolute Gasteiger partial charge is 0.170 e. The average Bonchev–Trinajstić information content (AvgIpc) is 3.61. The molecule has 1 saturated heterocycles. The van der Waals surface area contributed by atoms with E-state index in [0.29, 0.717) is 61.6 Å². The third-order valence-corrected chi connectivity index (χ3v) is 11.5. The van der Waals surface area contributed by atoms with Crippen LogP contribution in [0.4, 0.5) is 11.5 Å². The van der Waals surface area contributed by atoms with Crippen LogP contribution in [-0.2, 0) is 19.3 Å². The lowest BCUT2D eigenvalue weighted by molar-refractivity contribution is 0.0985. The number of aliphatic hydroxyl groups excluding tert-OH is 1. The third-order valence-electron chi connectivity index (χ3n) is 6.69. The van der Waals surface area contributed by atoms with Crippen LogP contribution in [0.15, 0.2) is 30.3 Å². The molecule has 2 heterocycles. The van der Waals surface area contributed by atoms with Crippen molar-refractivity contribution >= 4 is 61.3 Å². The van der Waals surface area contributed by atoms with Crippen molar-refractivity contribution in [3.05, 3.63) is 36.0 Å². The Morgan fingerprint density at radius 1 is 1.37 bits per heavy atom. The minimum absolute atomic E-state index is 0.0806. The third kappa shape index (κ3) is 6.20. The molecule has 1 aromatic carbocycles.